The average molecular weight is 247 g/mol. The molecule has 1 aromatic heterocycles. The smallest absolute Gasteiger partial charge is 0.255 e. The van der Waals surface area contributed by atoms with Crippen LogP contribution >= 0.6 is 0 Å². The van der Waals surface area contributed by atoms with Gasteiger partial charge in [0.25, 0.3) is 5.91 Å². The van der Waals surface area contributed by atoms with E-state index in [1.165, 1.54) is 12.3 Å². The Morgan fingerprint density at radius 2 is 2.17 bits per heavy atom. The van der Waals surface area contributed by atoms with Gasteiger partial charge in [-0.25, -0.2) is 4.39 Å². The van der Waals surface area contributed by atoms with E-state index in [-0.39, 0.29) is 5.56 Å². The van der Waals surface area contributed by atoms with Gasteiger partial charge >= 0.3 is 0 Å². The van der Waals surface area contributed by atoms with Crippen molar-refractivity contribution in [2.75, 3.05) is 0 Å². The lowest BCUT2D eigenvalue weighted by Gasteiger charge is -2.31. The van der Waals surface area contributed by atoms with Crippen LogP contribution in [0.4, 0.5) is 4.39 Å². The highest BCUT2D eigenvalue weighted by atomic mass is 19.1. The lowest BCUT2D eigenvalue weighted by molar-refractivity contribution is 0.0898. The van der Waals surface area contributed by atoms with E-state index < -0.39 is 17.3 Å². The van der Waals surface area contributed by atoms with Crippen molar-refractivity contribution in [2.45, 2.75) is 37.6 Å². The molecule has 0 spiro atoms. The van der Waals surface area contributed by atoms with Crippen molar-refractivity contribution >= 4 is 5.91 Å². The molecule has 4 nitrogen and oxygen atoms in total. The zero-order valence-electron chi connectivity index (χ0n) is 9.95. The molecule has 1 N–H and O–H groups in total. The normalized spacial score (nSPS) is 17.8. The molecule has 0 atom stereocenters. The maximum atomic E-state index is 13.4. The van der Waals surface area contributed by atoms with Crippen molar-refractivity contribution in [2.24, 2.45) is 0 Å². The summed E-state index contributed by atoms with van der Waals surface area (Å²) in [4.78, 5) is 15.6. The minimum atomic E-state index is -0.842. The fourth-order valence-electron chi connectivity index (χ4n) is 2.26. The van der Waals surface area contributed by atoms with Gasteiger partial charge in [0.05, 0.1) is 17.8 Å². The molecule has 2 rings (SSSR count). The van der Waals surface area contributed by atoms with Crippen LogP contribution < -0.4 is 5.32 Å². The Bertz CT molecular complexity index is 489. The summed E-state index contributed by atoms with van der Waals surface area (Å²) in [6.07, 6.45) is 6.50. The Kier molecular flexibility index (Phi) is 3.56. The summed E-state index contributed by atoms with van der Waals surface area (Å²) in [5, 5.41) is 11.9. The summed E-state index contributed by atoms with van der Waals surface area (Å²) in [5.41, 5.74) is -0.907. The van der Waals surface area contributed by atoms with E-state index in [2.05, 4.69) is 16.4 Å². The van der Waals surface area contributed by atoms with E-state index >= 15 is 0 Å². The second kappa shape index (κ2) is 5.13. The summed E-state index contributed by atoms with van der Waals surface area (Å²) >= 11 is 0. The van der Waals surface area contributed by atoms with E-state index in [4.69, 9.17) is 0 Å². The van der Waals surface area contributed by atoms with Crippen LogP contribution in [0.1, 0.15) is 42.5 Å². The number of nitrogens with one attached hydrogen (secondary N) is 1. The van der Waals surface area contributed by atoms with Gasteiger partial charge in [-0.15, -0.1) is 0 Å². The fourth-order valence-corrected chi connectivity index (χ4v) is 2.26. The van der Waals surface area contributed by atoms with E-state index in [0.29, 0.717) is 12.8 Å². The molecule has 0 radical (unpaired) electrons. The number of hydrogen-bond acceptors (Lipinski definition) is 3. The van der Waals surface area contributed by atoms with Crippen molar-refractivity contribution in [1.29, 1.82) is 5.26 Å². The SMILES string of the molecule is N#CC1(NC(=O)c2ccncc2F)CCCCC1. The van der Waals surface area contributed by atoms with Crippen molar-refractivity contribution in [3.8, 4) is 6.07 Å². The molecule has 0 bridgehead atoms. The molecule has 0 aliphatic heterocycles. The zero-order valence-corrected chi connectivity index (χ0v) is 9.95. The third kappa shape index (κ3) is 2.48. The van der Waals surface area contributed by atoms with Crippen LogP contribution in [0.25, 0.3) is 0 Å². The highest BCUT2D eigenvalue weighted by molar-refractivity contribution is 5.95. The predicted molar refractivity (Wildman–Crippen MR) is 63.1 cm³/mol. The lowest BCUT2D eigenvalue weighted by Crippen LogP contribution is -2.48. The Labute approximate surface area is 105 Å². The van der Waals surface area contributed by atoms with Gasteiger partial charge < -0.3 is 5.32 Å². The van der Waals surface area contributed by atoms with Gasteiger partial charge in [0.1, 0.15) is 5.54 Å². The third-order valence-corrected chi connectivity index (χ3v) is 3.29. The maximum absolute atomic E-state index is 13.4. The number of rotatable bonds is 2. The molecule has 18 heavy (non-hydrogen) atoms. The molecule has 0 aromatic carbocycles. The van der Waals surface area contributed by atoms with Crippen LogP contribution in [0.5, 0.6) is 0 Å². The minimum absolute atomic E-state index is 0.0646. The molecule has 1 aliphatic carbocycles. The van der Waals surface area contributed by atoms with Crippen molar-refractivity contribution in [1.82, 2.24) is 10.3 Å². The van der Waals surface area contributed by atoms with Crippen LogP contribution in [0.15, 0.2) is 18.5 Å². The number of carbonyl (C=O) groups excluding carboxylic acids is 1. The first kappa shape index (κ1) is 12.5. The molecule has 0 saturated heterocycles. The summed E-state index contributed by atoms with van der Waals surface area (Å²) in [5.74, 6) is -1.21. The molecule has 1 fully saturated rings. The van der Waals surface area contributed by atoms with Crippen LogP contribution in [-0.2, 0) is 0 Å². The standard InChI is InChI=1S/C13H14FN3O/c14-11-8-16-7-4-10(11)12(18)17-13(9-15)5-2-1-3-6-13/h4,7-8H,1-3,5-6H2,(H,17,18). The van der Waals surface area contributed by atoms with Crippen LogP contribution in [-0.4, -0.2) is 16.4 Å². The second-order valence-corrected chi connectivity index (χ2v) is 4.56. The van der Waals surface area contributed by atoms with E-state index in [9.17, 15) is 14.4 Å². The molecule has 1 aliphatic rings. The highest BCUT2D eigenvalue weighted by Crippen LogP contribution is 2.27. The minimum Gasteiger partial charge on any atom is -0.334 e. The molecule has 5 heteroatoms. The Morgan fingerprint density at radius 3 is 2.78 bits per heavy atom. The molecule has 1 amide bonds. The molecular weight excluding hydrogens is 233 g/mol. The second-order valence-electron chi connectivity index (χ2n) is 4.56. The summed E-state index contributed by atoms with van der Waals surface area (Å²) in [6, 6.07) is 3.49. The van der Waals surface area contributed by atoms with Crippen molar-refractivity contribution in [3.63, 3.8) is 0 Å². The molecular formula is C13H14FN3O. The summed E-state index contributed by atoms with van der Waals surface area (Å²) in [7, 11) is 0. The van der Waals surface area contributed by atoms with Gasteiger partial charge in [-0.05, 0) is 18.9 Å². The zero-order chi connectivity index (χ0) is 13.0. The Hall–Kier alpha value is -1.96. The van der Waals surface area contributed by atoms with Gasteiger partial charge in [0.2, 0.25) is 0 Å². The number of nitrogens with zero attached hydrogens (tertiary/aromatic N) is 2. The van der Waals surface area contributed by atoms with Crippen molar-refractivity contribution < 1.29 is 9.18 Å². The topological polar surface area (TPSA) is 65.8 Å². The number of pyridine rings is 1. The number of aromatic nitrogens is 1. The van der Waals surface area contributed by atoms with E-state index in [0.717, 1.165) is 25.5 Å². The predicted octanol–water partition coefficient (Wildman–Crippen LogP) is 2.18. The molecule has 94 valence electrons. The molecule has 1 heterocycles. The first-order valence-corrected chi connectivity index (χ1v) is 6.00. The molecule has 1 saturated carbocycles. The average Bonchev–Trinajstić information content (AvgIpc) is 2.40. The van der Waals surface area contributed by atoms with Gasteiger partial charge in [-0.1, -0.05) is 19.3 Å². The highest BCUT2D eigenvalue weighted by Gasteiger charge is 2.34. The molecule has 0 unspecified atom stereocenters. The monoisotopic (exact) mass is 247 g/mol. The first-order valence-electron chi connectivity index (χ1n) is 6.00. The number of halogens is 1. The number of carbonyl (C=O) groups is 1. The van der Waals surface area contributed by atoms with Gasteiger partial charge in [-0.2, -0.15) is 5.26 Å². The van der Waals surface area contributed by atoms with Crippen LogP contribution in [0.2, 0.25) is 0 Å². The summed E-state index contributed by atoms with van der Waals surface area (Å²) < 4.78 is 13.4. The first-order chi connectivity index (χ1) is 8.67. The fraction of sp³-hybridized carbons (Fsp3) is 0.462. The maximum Gasteiger partial charge on any atom is 0.255 e. The van der Waals surface area contributed by atoms with Crippen LogP contribution in [0.3, 0.4) is 0 Å². The van der Waals surface area contributed by atoms with Gasteiger partial charge in [0, 0.05) is 6.20 Å². The van der Waals surface area contributed by atoms with E-state index in [1.807, 2.05) is 0 Å². The quantitative estimate of drug-likeness (QED) is 0.871. The van der Waals surface area contributed by atoms with Crippen LogP contribution in [0, 0.1) is 17.1 Å². The number of amides is 1. The third-order valence-electron chi connectivity index (χ3n) is 3.29. The number of hydrogen-bond donors (Lipinski definition) is 1. The van der Waals surface area contributed by atoms with Crippen molar-refractivity contribution in [3.05, 3.63) is 29.8 Å². The summed E-state index contributed by atoms with van der Waals surface area (Å²) in [6.45, 7) is 0. The van der Waals surface area contributed by atoms with Gasteiger partial charge in [-0.3, -0.25) is 9.78 Å². The number of nitriles is 1. The Morgan fingerprint density at radius 1 is 1.44 bits per heavy atom. The lowest BCUT2D eigenvalue weighted by atomic mass is 9.82. The molecule has 1 aromatic rings. The Balaban J connectivity index is 2.16. The largest absolute Gasteiger partial charge is 0.334 e. The van der Waals surface area contributed by atoms with Gasteiger partial charge in [0.15, 0.2) is 5.82 Å². The van der Waals surface area contributed by atoms with E-state index in [1.54, 1.807) is 0 Å².